The van der Waals surface area contributed by atoms with E-state index in [1.54, 1.807) is 31.5 Å². The second-order valence-corrected chi connectivity index (χ2v) is 17.9. The van der Waals surface area contributed by atoms with Crippen LogP contribution >= 0.6 is 0 Å². The molecule has 71 heavy (non-hydrogen) atoms. The summed E-state index contributed by atoms with van der Waals surface area (Å²) in [5.41, 5.74) is -0.0143. The Morgan fingerprint density at radius 1 is 0.915 bits per heavy atom. The van der Waals surface area contributed by atoms with Gasteiger partial charge in [-0.25, -0.2) is 14.8 Å². The average Bonchev–Trinajstić information content (AvgIpc) is 4.03. The van der Waals surface area contributed by atoms with Crippen LogP contribution in [0.4, 0.5) is 0 Å². The first-order valence-electron chi connectivity index (χ1n) is 23.6. The SMILES string of the molecule is COCC(OC)C(=O)OC(CCC(C)C(CC1OC(=O)CC(O)C/C=C/C(=O)CC(C)C(=O)NC(=O)c2coc(n2)-c2coc(n2)/C=C/CC(OC)C1C)OC)C(C)C(OC(C)=O)C(C)/C=C/N(C)C=O. The number of methoxy groups -OCH3 is 4. The Labute approximate surface area is 415 Å². The normalized spacial score (nSPS) is 23.9. The van der Waals surface area contributed by atoms with Crippen LogP contribution in [-0.2, 0) is 61.9 Å². The number of cyclic esters (lactones) is 1. The number of hydrogen-bond acceptors (Lipinski definition) is 19. The molecule has 21 nitrogen and oxygen atoms in total. The number of ether oxygens (including phenoxy) is 7. The maximum absolute atomic E-state index is 13.6. The number of nitrogens with zero attached hydrogens (tertiary/aromatic N) is 3. The number of imide groups is 1. The molecule has 3 amide bonds. The number of allylic oxidation sites excluding steroid dienone is 1. The highest BCUT2D eigenvalue weighted by Gasteiger charge is 2.38. The highest BCUT2D eigenvalue weighted by molar-refractivity contribution is 6.05. The molecule has 0 fully saturated rings. The Hall–Kier alpha value is -5.87. The fourth-order valence-corrected chi connectivity index (χ4v) is 7.96. The number of rotatable bonds is 20. The lowest BCUT2D eigenvalue weighted by molar-refractivity contribution is -0.173. The maximum Gasteiger partial charge on any atom is 0.337 e. The number of oxazole rings is 2. The lowest BCUT2D eigenvalue weighted by atomic mass is 9.83. The summed E-state index contributed by atoms with van der Waals surface area (Å²) in [5.74, 6) is -6.39. The van der Waals surface area contributed by atoms with Crippen molar-refractivity contribution in [2.75, 3.05) is 42.1 Å². The monoisotopic (exact) mass is 1000 g/mol. The van der Waals surface area contributed by atoms with Crippen molar-refractivity contribution in [3.8, 4) is 11.6 Å². The van der Waals surface area contributed by atoms with E-state index in [9.17, 15) is 38.7 Å². The number of aliphatic hydroxyl groups excluding tert-OH is 1. The van der Waals surface area contributed by atoms with E-state index in [2.05, 4.69) is 15.3 Å². The van der Waals surface area contributed by atoms with Crippen molar-refractivity contribution in [1.82, 2.24) is 20.2 Å². The highest BCUT2D eigenvalue weighted by atomic mass is 16.6. The second kappa shape index (κ2) is 30.1. The molecule has 12 atom stereocenters. The summed E-state index contributed by atoms with van der Waals surface area (Å²) in [6.45, 7) is 10.1. The fraction of sp³-hybridized carbons (Fsp3) is 0.620. The van der Waals surface area contributed by atoms with E-state index in [1.165, 1.54) is 65.6 Å². The van der Waals surface area contributed by atoms with Gasteiger partial charge in [-0.1, -0.05) is 52.8 Å². The Balaban J connectivity index is 1.95. The van der Waals surface area contributed by atoms with Gasteiger partial charge in [-0.05, 0) is 43.8 Å². The summed E-state index contributed by atoms with van der Waals surface area (Å²) in [4.78, 5) is 98.9. The van der Waals surface area contributed by atoms with Gasteiger partial charge in [-0.2, -0.15) is 0 Å². The van der Waals surface area contributed by atoms with Gasteiger partial charge in [-0.15, -0.1) is 0 Å². The van der Waals surface area contributed by atoms with Crippen molar-refractivity contribution in [2.45, 2.75) is 129 Å². The van der Waals surface area contributed by atoms with Gasteiger partial charge in [0.25, 0.3) is 5.91 Å². The number of nitrogens with one attached hydrogen (secondary N) is 1. The van der Waals surface area contributed by atoms with Crippen LogP contribution in [0.1, 0.15) is 103 Å². The lowest BCUT2D eigenvalue weighted by Crippen LogP contribution is -2.42. The van der Waals surface area contributed by atoms with Crippen molar-refractivity contribution >= 4 is 48.0 Å². The van der Waals surface area contributed by atoms with Crippen LogP contribution in [0.25, 0.3) is 17.7 Å². The van der Waals surface area contributed by atoms with Crippen LogP contribution < -0.4 is 5.32 Å². The highest BCUT2D eigenvalue weighted by Crippen LogP contribution is 2.32. The molecule has 2 N–H and O–H groups in total. The van der Waals surface area contributed by atoms with Crippen molar-refractivity contribution in [1.29, 1.82) is 0 Å². The molecule has 0 aliphatic carbocycles. The number of carbonyl (C=O) groups excluding carboxylic acids is 7. The molecule has 2 aromatic heterocycles. The van der Waals surface area contributed by atoms with Gasteiger partial charge in [0.1, 0.15) is 30.8 Å². The third-order valence-corrected chi connectivity index (χ3v) is 12.3. The first-order chi connectivity index (χ1) is 33.7. The van der Waals surface area contributed by atoms with Gasteiger partial charge >= 0.3 is 17.9 Å². The number of aliphatic hydroxyl groups is 1. The van der Waals surface area contributed by atoms with E-state index >= 15 is 0 Å². The summed E-state index contributed by atoms with van der Waals surface area (Å²) < 4.78 is 51.6. The third kappa shape index (κ3) is 19.3. The molecule has 4 bridgehead atoms. The summed E-state index contributed by atoms with van der Waals surface area (Å²) >= 11 is 0. The van der Waals surface area contributed by atoms with Gasteiger partial charge in [-0.3, -0.25) is 34.1 Å². The number of carbonyl (C=O) groups is 7. The molecule has 2 aromatic rings. The summed E-state index contributed by atoms with van der Waals surface area (Å²) in [5, 5.41) is 13.1. The Kier molecular flexibility index (Phi) is 25.2. The van der Waals surface area contributed by atoms with Gasteiger partial charge in [0, 0.05) is 85.1 Å². The summed E-state index contributed by atoms with van der Waals surface area (Å²) in [6, 6.07) is 0. The second-order valence-electron chi connectivity index (χ2n) is 17.9. The van der Waals surface area contributed by atoms with E-state index in [0.29, 0.717) is 19.3 Å². The topological polar surface area (TPSA) is 272 Å². The first kappa shape index (κ1) is 59.4. The molecule has 0 aromatic carbocycles. The predicted octanol–water partition coefficient (Wildman–Crippen LogP) is 5.06. The van der Waals surface area contributed by atoms with E-state index < -0.39 is 108 Å². The molecule has 0 saturated heterocycles. The molecule has 0 radical (unpaired) electrons. The van der Waals surface area contributed by atoms with E-state index in [4.69, 9.17) is 42.0 Å². The molecule has 3 rings (SSSR count). The Bertz CT molecular complexity index is 2130. The molecule has 21 heteroatoms. The van der Waals surface area contributed by atoms with Crippen LogP contribution in [0, 0.1) is 29.6 Å². The van der Waals surface area contributed by atoms with Crippen LogP contribution in [0.5, 0.6) is 0 Å². The molecular formula is C50H72N4O17. The molecule has 1 aliphatic rings. The van der Waals surface area contributed by atoms with Gasteiger partial charge in [0.15, 0.2) is 23.3 Å². The summed E-state index contributed by atoms with van der Waals surface area (Å²) in [6.07, 6.45) is 6.89. The first-order valence-corrected chi connectivity index (χ1v) is 23.6. The van der Waals surface area contributed by atoms with Crippen molar-refractivity contribution in [3.05, 3.63) is 54.6 Å². The zero-order valence-electron chi connectivity index (χ0n) is 42.6. The van der Waals surface area contributed by atoms with Crippen LogP contribution in [-0.4, -0.2) is 147 Å². The number of aromatic nitrogens is 2. The summed E-state index contributed by atoms with van der Waals surface area (Å²) in [7, 11) is 7.42. The minimum absolute atomic E-state index is 0.0382. The minimum atomic E-state index is -1.23. The zero-order chi connectivity index (χ0) is 52.8. The Morgan fingerprint density at radius 3 is 2.27 bits per heavy atom. The van der Waals surface area contributed by atoms with Crippen molar-refractivity contribution < 1.29 is 80.7 Å². The molecule has 0 saturated carbocycles. The fourth-order valence-electron chi connectivity index (χ4n) is 7.96. The number of ketones is 1. The molecule has 0 spiro atoms. The largest absolute Gasteiger partial charge is 0.462 e. The smallest absolute Gasteiger partial charge is 0.337 e. The number of amides is 3. The van der Waals surface area contributed by atoms with E-state index in [0.717, 1.165) is 6.26 Å². The lowest BCUT2D eigenvalue weighted by Gasteiger charge is -2.35. The third-order valence-electron chi connectivity index (χ3n) is 12.3. The predicted molar refractivity (Wildman–Crippen MR) is 254 cm³/mol. The van der Waals surface area contributed by atoms with Crippen molar-refractivity contribution in [2.24, 2.45) is 29.6 Å². The van der Waals surface area contributed by atoms with Crippen LogP contribution in [0.3, 0.4) is 0 Å². The number of esters is 3. The van der Waals surface area contributed by atoms with Gasteiger partial charge in [0.05, 0.1) is 31.3 Å². The van der Waals surface area contributed by atoms with Crippen LogP contribution in [0.2, 0.25) is 0 Å². The number of fused-ring (bicyclic) bond motifs is 5. The van der Waals surface area contributed by atoms with Gasteiger partial charge < -0.3 is 52.0 Å². The molecule has 1 aliphatic heterocycles. The quantitative estimate of drug-likeness (QED) is 0.0759. The van der Waals surface area contributed by atoms with E-state index in [-0.39, 0.29) is 61.4 Å². The Morgan fingerprint density at radius 2 is 1.62 bits per heavy atom. The van der Waals surface area contributed by atoms with Crippen molar-refractivity contribution in [3.63, 3.8) is 0 Å². The molecular weight excluding hydrogens is 929 g/mol. The van der Waals surface area contributed by atoms with E-state index in [1.807, 2.05) is 27.7 Å². The van der Waals surface area contributed by atoms with Gasteiger partial charge in [0.2, 0.25) is 24.1 Å². The molecule has 3 heterocycles. The molecule has 12 unspecified atom stereocenters. The van der Waals surface area contributed by atoms with Crippen LogP contribution in [0.15, 0.2) is 51.9 Å². The zero-order valence-corrected chi connectivity index (χ0v) is 42.6. The maximum atomic E-state index is 13.6. The average molecular weight is 1000 g/mol. The molecule has 394 valence electrons. The number of hydrogen-bond donors (Lipinski definition) is 2. The minimum Gasteiger partial charge on any atom is -0.462 e. The standard InChI is InChI=1S/C50H72N4O17/c1-29(18-19-40(71-50(62)43(66-11)27-63-8)33(5)46(69-34(6)56)30(2)20-21-54(7)28-55)41(65-10)24-42-32(4)39(64-9)16-13-17-44-51-38(26-67-44)49-52-37(25-68-49)48(61)53-47(60)31(3)22-35(57)14-12-15-36(58)23-45(59)70-42/h12-14,17,20-21,25-26,28-33,36,39-43,46,58H,15-16,18-19,22-24,27H2,1-11H3,(H,53,60,61)/b14-12+,17-13+,21-20+.